The summed E-state index contributed by atoms with van der Waals surface area (Å²) < 4.78 is 156. The first-order valence-electron chi connectivity index (χ1n) is 5.91. The quantitative estimate of drug-likeness (QED) is 0.231. The Balaban J connectivity index is -0.000000321. The Morgan fingerprint density at radius 1 is 0.759 bits per heavy atom. The molecule has 0 saturated carbocycles. The molecule has 0 aromatic heterocycles. The maximum atomic E-state index is 11.8. The molecule has 1 heterocycles. The van der Waals surface area contributed by atoms with Crippen molar-refractivity contribution in [1.82, 2.24) is 0 Å². The average molecular weight is 566 g/mol. The van der Waals surface area contributed by atoms with E-state index in [2.05, 4.69) is 27.4 Å². The molecule has 1 atom stereocenters. The molecule has 0 radical (unpaired) electrons. The van der Waals surface area contributed by atoms with Crippen molar-refractivity contribution in [3.63, 3.8) is 0 Å². The Labute approximate surface area is 175 Å². The molecule has 3 nitrogen and oxygen atoms in total. The number of halogens is 16. The summed E-state index contributed by atoms with van der Waals surface area (Å²) in [7, 11) is -5.35. The first-order valence-corrected chi connectivity index (χ1v) is 8.99. The Morgan fingerprint density at radius 3 is 1.03 bits per heavy atom. The van der Waals surface area contributed by atoms with Crippen molar-refractivity contribution in [1.29, 1.82) is 0 Å². The van der Waals surface area contributed by atoms with E-state index < -0.39 is 63.3 Å². The van der Waals surface area contributed by atoms with Gasteiger partial charge in [-0.3, -0.25) is 0 Å². The molecule has 1 fully saturated rings. The van der Waals surface area contributed by atoms with E-state index in [9.17, 15) is 61.1 Å². The lowest BCUT2D eigenvalue weighted by molar-refractivity contribution is -0.315. The van der Waals surface area contributed by atoms with Crippen LogP contribution >= 0.6 is 46.4 Å². The van der Waals surface area contributed by atoms with Gasteiger partial charge in [0, 0.05) is 0 Å². The molecule has 1 aliphatic heterocycles. The zero-order chi connectivity index (χ0) is 24.5. The molecule has 0 aliphatic carbocycles. The predicted octanol–water partition coefficient (Wildman–Crippen LogP) is 6.21. The smallest absolute Gasteiger partial charge is 0.246 e. The van der Waals surface area contributed by atoms with Crippen molar-refractivity contribution >= 4 is 56.5 Å². The molecule has 0 bridgehead atoms. The van der Waals surface area contributed by atoms with Crippen LogP contribution in [0.25, 0.3) is 0 Å². The minimum atomic E-state index is -5.35. The van der Waals surface area contributed by atoms with Crippen LogP contribution in [-0.2, 0) is 14.3 Å². The second-order valence-electron chi connectivity index (χ2n) is 4.19. The lowest BCUT2D eigenvalue weighted by Gasteiger charge is -2.32. The third-order valence-electron chi connectivity index (χ3n) is 1.56. The highest BCUT2D eigenvalue weighted by molar-refractivity contribution is 7.89. The summed E-state index contributed by atoms with van der Waals surface area (Å²) >= 11 is 17.6. The molecule has 1 rings (SSSR count). The second kappa shape index (κ2) is 12.3. The van der Waals surface area contributed by atoms with Gasteiger partial charge in [0.2, 0.25) is 5.13 Å². The Bertz CT molecular complexity index is 544. The highest BCUT2D eigenvalue weighted by atomic mass is 35.5. The predicted molar refractivity (Wildman–Crippen MR) is 79.8 cm³/mol. The van der Waals surface area contributed by atoms with Gasteiger partial charge in [0.15, 0.2) is 13.3 Å². The van der Waals surface area contributed by atoms with Crippen molar-refractivity contribution in [3.05, 3.63) is 0 Å². The number of hydrogen-bond donors (Lipinski definition) is 0. The molecule has 29 heavy (non-hydrogen) atoms. The minimum Gasteiger partial charge on any atom is -0.246 e. The first kappa shape index (κ1) is 33.9. The van der Waals surface area contributed by atoms with E-state index in [4.69, 9.17) is 23.2 Å². The van der Waals surface area contributed by atoms with Gasteiger partial charge in [0.05, 0.1) is 5.88 Å². The normalized spacial score (nSPS) is 20.8. The zero-order valence-electron chi connectivity index (χ0n) is 13.0. The van der Waals surface area contributed by atoms with E-state index in [-0.39, 0.29) is 0 Å². The maximum Gasteiger partial charge on any atom is 0.461 e. The third kappa shape index (κ3) is 14.8. The summed E-state index contributed by atoms with van der Waals surface area (Å²) in [4.78, 5) is 0. The third-order valence-corrected chi connectivity index (χ3v) is 3.85. The molecular formula is C9H8Cl4F12O3S. The highest BCUT2D eigenvalue weighted by Crippen LogP contribution is 2.51. The molecule has 20 heteroatoms. The zero-order valence-corrected chi connectivity index (χ0v) is 16.8. The molecule has 0 amide bonds. The van der Waals surface area contributed by atoms with Crippen LogP contribution in [0, 0.1) is 0 Å². The van der Waals surface area contributed by atoms with Crippen molar-refractivity contribution in [3.8, 4) is 0 Å². The molecule has 1 saturated heterocycles. The summed E-state index contributed by atoms with van der Waals surface area (Å²) in [5.74, 6) is -0.509. The van der Waals surface area contributed by atoms with Crippen molar-refractivity contribution in [2.24, 2.45) is 0 Å². The summed E-state index contributed by atoms with van der Waals surface area (Å²) in [5.41, 5.74) is 0. The van der Waals surface area contributed by atoms with Crippen molar-refractivity contribution in [2.75, 3.05) is 25.9 Å². The van der Waals surface area contributed by atoms with Gasteiger partial charge in [0.25, 0.3) is 0 Å². The van der Waals surface area contributed by atoms with Gasteiger partial charge in [0.1, 0.15) is 6.67 Å². The highest BCUT2D eigenvalue weighted by Gasteiger charge is 2.80. The minimum absolute atomic E-state index is 0.509. The fraction of sp³-hybridized carbons (Fsp3) is 1.00. The first-order chi connectivity index (χ1) is 12.4. The molecule has 1 aliphatic rings. The Kier molecular flexibility index (Phi) is 14.4. The SMILES string of the molecule is FCC(F)(Cl)CCl.FCC(F)(F)Cl.FCC(F)(F)Cl.O=S1(=O)OC(F)(F)C1(F)F. The lowest BCUT2D eigenvalue weighted by Crippen LogP contribution is -2.61. The molecular weight excluding hydrogens is 558 g/mol. The molecule has 0 spiro atoms. The van der Waals surface area contributed by atoms with Crippen LogP contribution in [0.4, 0.5) is 52.7 Å². The van der Waals surface area contributed by atoms with Gasteiger partial charge in [-0.05, 0) is 23.2 Å². The van der Waals surface area contributed by atoms with E-state index >= 15 is 0 Å². The molecule has 0 aromatic carbocycles. The Morgan fingerprint density at radius 2 is 1.03 bits per heavy atom. The van der Waals surface area contributed by atoms with Crippen LogP contribution < -0.4 is 0 Å². The van der Waals surface area contributed by atoms with Gasteiger partial charge in [-0.15, -0.1) is 11.6 Å². The Hall–Kier alpha value is 0.230. The summed E-state index contributed by atoms with van der Waals surface area (Å²) in [6.45, 7) is -4.83. The monoisotopic (exact) mass is 564 g/mol. The van der Waals surface area contributed by atoms with Crippen LogP contribution in [0.1, 0.15) is 0 Å². The van der Waals surface area contributed by atoms with Gasteiger partial charge in [-0.1, -0.05) is 11.6 Å². The fourth-order valence-electron chi connectivity index (χ4n) is 0.386. The lowest BCUT2D eigenvalue weighted by atomic mass is 10.5. The number of alkyl halides is 16. The van der Waals surface area contributed by atoms with Crippen LogP contribution in [0.2, 0.25) is 0 Å². The molecule has 0 aromatic rings. The van der Waals surface area contributed by atoms with Crippen molar-refractivity contribution in [2.45, 2.75) is 27.3 Å². The second-order valence-corrected chi connectivity index (χ2v) is 7.83. The van der Waals surface area contributed by atoms with E-state index in [1.807, 2.05) is 0 Å². The summed E-state index contributed by atoms with van der Waals surface area (Å²) in [5, 5.41) is -14.7. The van der Waals surface area contributed by atoms with Crippen LogP contribution in [0.3, 0.4) is 0 Å². The molecule has 1 unspecified atom stereocenters. The van der Waals surface area contributed by atoms with E-state index in [0.29, 0.717) is 0 Å². The molecule has 180 valence electrons. The number of rotatable bonds is 4. The van der Waals surface area contributed by atoms with E-state index in [0.717, 1.165) is 0 Å². The largest absolute Gasteiger partial charge is 0.461 e. The van der Waals surface area contributed by atoms with E-state index in [1.165, 1.54) is 0 Å². The van der Waals surface area contributed by atoms with Gasteiger partial charge in [-0.2, -0.15) is 47.7 Å². The van der Waals surface area contributed by atoms with Crippen molar-refractivity contribution < 1.29 is 65.3 Å². The van der Waals surface area contributed by atoms with E-state index in [1.54, 1.807) is 0 Å². The van der Waals surface area contributed by atoms with Gasteiger partial charge in [-0.25, -0.2) is 17.6 Å². The van der Waals surface area contributed by atoms with Crippen LogP contribution in [0.15, 0.2) is 0 Å². The van der Waals surface area contributed by atoms with Gasteiger partial charge >= 0.3 is 32.2 Å². The fourth-order valence-corrected chi connectivity index (χ4v) is 1.16. The average Bonchev–Trinajstić information content (AvgIpc) is 2.54. The standard InChI is InChI=1S/C3H4Cl2F2.2C2H2ClF3.C2F4O3S/c4-1-3(5,7)2-6;2*3-2(5,6)1-4;3-1(4)2(5,6)10(7,8)9-1/h1-2H2;2*1H2;. The van der Waals surface area contributed by atoms with Crippen LogP contribution in [-0.4, -0.2) is 61.6 Å². The van der Waals surface area contributed by atoms with Gasteiger partial charge < -0.3 is 0 Å². The summed E-state index contributed by atoms with van der Waals surface area (Å²) in [6.07, 6.45) is -4.87. The molecule has 0 N–H and O–H groups in total. The topological polar surface area (TPSA) is 43.4 Å². The number of hydrogen-bond acceptors (Lipinski definition) is 3. The van der Waals surface area contributed by atoms with Crippen LogP contribution in [0.5, 0.6) is 0 Å². The summed E-state index contributed by atoms with van der Waals surface area (Å²) in [6, 6.07) is 0. The maximum absolute atomic E-state index is 11.8.